The van der Waals surface area contributed by atoms with E-state index >= 15 is 0 Å². The van der Waals surface area contributed by atoms with Crippen LogP contribution in [-0.2, 0) is 4.79 Å². The molecule has 0 radical (unpaired) electrons. The van der Waals surface area contributed by atoms with Crippen LogP contribution in [0.15, 0.2) is 22.6 Å². The highest BCUT2D eigenvalue weighted by molar-refractivity contribution is 7.99. The summed E-state index contributed by atoms with van der Waals surface area (Å²) in [6.45, 7) is 1.77. The van der Waals surface area contributed by atoms with Gasteiger partial charge >= 0.3 is 0 Å². The van der Waals surface area contributed by atoms with Crippen LogP contribution in [0.3, 0.4) is 0 Å². The number of hydrogen-bond donors (Lipinski definition) is 2. The molecule has 1 aliphatic heterocycles. The molecule has 5 nitrogen and oxygen atoms in total. The second kappa shape index (κ2) is 4.54. The van der Waals surface area contributed by atoms with Crippen LogP contribution >= 0.6 is 11.8 Å². The Balaban J connectivity index is 1.82. The van der Waals surface area contributed by atoms with Crippen molar-refractivity contribution in [2.45, 2.75) is 18.9 Å². The molecule has 1 aromatic carbocycles. The molecule has 2 aromatic rings. The second-order valence-corrected chi connectivity index (χ2v) is 5.81. The Morgan fingerprint density at radius 1 is 1.58 bits per heavy atom. The summed E-state index contributed by atoms with van der Waals surface area (Å²) in [6.07, 6.45) is 0.495. The molecule has 0 aliphatic carbocycles. The van der Waals surface area contributed by atoms with Gasteiger partial charge in [0.15, 0.2) is 17.1 Å². The van der Waals surface area contributed by atoms with Gasteiger partial charge in [-0.05, 0) is 30.4 Å². The molecule has 1 aliphatic rings. The Kier molecular flexibility index (Phi) is 2.99. The van der Waals surface area contributed by atoms with E-state index in [9.17, 15) is 9.90 Å². The van der Waals surface area contributed by atoms with Crippen molar-refractivity contribution in [1.29, 1.82) is 0 Å². The summed E-state index contributed by atoms with van der Waals surface area (Å²) in [7, 11) is 0. The molecule has 19 heavy (non-hydrogen) atoms. The normalized spacial score (nSPS) is 22.8. The lowest BCUT2D eigenvalue weighted by molar-refractivity contribution is -0.131. The number of benzene rings is 1. The van der Waals surface area contributed by atoms with Crippen LogP contribution in [0.2, 0.25) is 0 Å². The topological polar surface area (TPSA) is 75.4 Å². The zero-order chi connectivity index (χ0) is 13.5. The summed E-state index contributed by atoms with van der Waals surface area (Å²) in [4.78, 5) is 16.3. The third kappa shape index (κ3) is 2.33. The molecule has 100 valence electrons. The Hall–Kier alpha value is -1.53. The molecular weight excluding hydrogens is 264 g/mol. The largest absolute Gasteiger partial charge is 0.441 e. The molecule has 0 spiro atoms. The predicted molar refractivity (Wildman–Crippen MR) is 74.3 cm³/mol. The predicted octanol–water partition coefficient (Wildman–Crippen LogP) is 1.94. The van der Waals surface area contributed by atoms with E-state index in [0.29, 0.717) is 34.9 Å². The maximum Gasteiger partial charge on any atom is 0.257 e. The smallest absolute Gasteiger partial charge is 0.257 e. The van der Waals surface area contributed by atoms with Gasteiger partial charge in [-0.15, -0.1) is 0 Å². The molecule has 6 heteroatoms. The minimum absolute atomic E-state index is 0.350. The number of nitrogens with zero attached hydrogens (tertiary/aromatic N) is 1. The van der Waals surface area contributed by atoms with Gasteiger partial charge in [-0.3, -0.25) is 4.79 Å². The van der Waals surface area contributed by atoms with Gasteiger partial charge < -0.3 is 14.8 Å². The molecule has 2 N–H and O–H groups in total. The minimum atomic E-state index is -1.25. The number of aliphatic hydroxyl groups is 1. The first-order valence-electron chi connectivity index (χ1n) is 6.06. The summed E-state index contributed by atoms with van der Waals surface area (Å²) < 4.78 is 5.37. The fourth-order valence-electron chi connectivity index (χ4n) is 2.10. The Morgan fingerprint density at radius 3 is 3.16 bits per heavy atom. The molecule has 3 rings (SSSR count). The lowest BCUT2D eigenvalue weighted by Gasteiger charge is -2.20. The molecule has 2 heterocycles. The van der Waals surface area contributed by atoms with Crippen LogP contribution in [-0.4, -0.2) is 33.1 Å². The molecule has 1 aromatic heterocycles. The molecule has 0 saturated carbocycles. The number of amides is 1. The van der Waals surface area contributed by atoms with Crippen molar-refractivity contribution in [3.8, 4) is 0 Å². The first kappa shape index (κ1) is 12.5. The van der Waals surface area contributed by atoms with E-state index in [1.807, 2.05) is 0 Å². The Labute approximate surface area is 114 Å². The molecule has 1 saturated heterocycles. The van der Waals surface area contributed by atoms with Gasteiger partial charge in [-0.1, -0.05) is 0 Å². The maximum atomic E-state index is 12.1. The minimum Gasteiger partial charge on any atom is -0.441 e. The van der Waals surface area contributed by atoms with Gasteiger partial charge in [0.05, 0.1) is 0 Å². The summed E-state index contributed by atoms with van der Waals surface area (Å²) in [5.41, 5.74) is 0.754. The highest BCUT2D eigenvalue weighted by atomic mass is 32.2. The van der Waals surface area contributed by atoms with Crippen LogP contribution in [0.25, 0.3) is 11.1 Å². The molecular formula is C13H14N2O3S. The first-order chi connectivity index (χ1) is 9.07. The van der Waals surface area contributed by atoms with Gasteiger partial charge in [-0.2, -0.15) is 11.8 Å². The average Bonchev–Trinajstić information content (AvgIpc) is 2.95. The van der Waals surface area contributed by atoms with Crippen LogP contribution < -0.4 is 5.32 Å². The standard InChI is InChI=1S/C13H14N2O3S/c1-8-14-10-6-9(2-3-11(10)18-8)15-12(16)13(17)4-5-19-7-13/h2-3,6,17H,4-5,7H2,1H3,(H,15,16). The van der Waals surface area contributed by atoms with Crippen molar-refractivity contribution in [2.75, 3.05) is 16.8 Å². The van der Waals surface area contributed by atoms with Gasteiger partial charge in [0.1, 0.15) is 5.52 Å². The number of carbonyl (C=O) groups is 1. The molecule has 0 bridgehead atoms. The van der Waals surface area contributed by atoms with Crippen LogP contribution in [0.4, 0.5) is 5.69 Å². The van der Waals surface area contributed by atoms with E-state index in [1.165, 1.54) is 0 Å². The maximum absolute atomic E-state index is 12.1. The molecule has 1 unspecified atom stereocenters. The van der Waals surface area contributed by atoms with E-state index in [-0.39, 0.29) is 5.91 Å². The number of aromatic nitrogens is 1. The third-order valence-corrected chi connectivity index (χ3v) is 4.35. The van der Waals surface area contributed by atoms with Gasteiger partial charge in [0.2, 0.25) is 0 Å². The van der Waals surface area contributed by atoms with Gasteiger partial charge in [-0.25, -0.2) is 4.98 Å². The lowest BCUT2D eigenvalue weighted by Crippen LogP contribution is -2.42. The van der Waals surface area contributed by atoms with Crippen molar-refractivity contribution >= 4 is 34.5 Å². The Bertz CT molecular complexity index is 632. The fourth-order valence-corrected chi connectivity index (χ4v) is 3.34. The second-order valence-electron chi connectivity index (χ2n) is 4.70. The number of hydrogen-bond acceptors (Lipinski definition) is 5. The first-order valence-corrected chi connectivity index (χ1v) is 7.21. The van der Waals surface area contributed by atoms with Gasteiger partial charge in [0, 0.05) is 18.4 Å². The van der Waals surface area contributed by atoms with Crippen molar-refractivity contribution < 1.29 is 14.3 Å². The number of carbonyl (C=O) groups excluding carboxylic acids is 1. The van der Waals surface area contributed by atoms with E-state index in [4.69, 9.17) is 4.42 Å². The number of fused-ring (bicyclic) bond motifs is 1. The zero-order valence-corrected chi connectivity index (χ0v) is 11.3. The number of rotatable bonds is 2. The summed E-state index contributed by atoms with van der Waals surface area (Å²) in [5, 5.41) is 12.9. The highest BCUT2D eigenvalue weighted by Crippen LogP contribution is 2.29. The van der Waals surface area contributed by atoms with Crippen molar-refractivity contribution in [3.63, 3.8) is 0 Å². The number of anilines is 1. The van der Waals surface area contributed by atoms with Crippen molar-refractivity contribution in [2.24, 2.45) is 0 Å². The molecule has 1 amide bonds. The summed E-state index contributed by atoms with van der Waals surface area (Å²) >= 11 is 1.59. The van der Waals surface area contributed by atoms with Crippen LogP contribution in [0.1, 0.15) is 12.3 Å². The average molecular weight is 278 g/mol. The van der Waals surface area contributed by atoms with E-state index in [2.05, 4.69) is 10.3 Å². The Morgan fingerprint density at radius 2 is 2.42 bits per heavy atom. The van der Waals surface area contributed by atoms with Crippen molar-refractivity contribution in [3.05, 3.63) is 24.1 Å². The fraction of sp³-hybridized carbons (Fsp3) is 0.385. The monoisotopic (exact) mass is 278 g/mol. The number of oxazole rings is 1. The lowest BCUT2D eigenvalue weighted by atomic mass is 10.0. The van der Waals surface area contributed by atoms with Crippen molar-refractivity contribution in [1.82, 2.24) is 4.98 Å². The van der Waals surface area contributed by atoms with E-state index in [1.54, 1.807) is 36.9 Å². The van der Waals surface area contributed by atoms with E-state index < -0.39 is 5.60 Å². The quantitative estimate of drug-likeness (QED) is 0.878. The number of aryl methyl sites for hydroxylation is 1. The zero-order valence-electron chi connectivity index (χ0n) is 10.5. The number of thioether (sulfide) groups is 1. The van der Waals surface area contributed by atoms with E-state index in [0.717, 1.165) is 5.75 Å². The third-order valence-electron chi connectivity index (χ3n) is 3.18. The molecule has 1 atom stereocenters. The highest BCUT2D eigenvalue weighted by Gasteiger charge is 2.39. The molecule has 1 fully saturated rings. The van der Waals surface area contributed by atoms with Crippen LogP contribution in [0, 0.1) is 6.92 Å². The van der Waals surface area contributed by atoms with Crippen LogP contribution in [0.5, 0.6) is 0 Å². The number of nitrogens with one attached hydrogen (secondary N) is 1. The summed E-state index contributed by atoms with van der Waals surface area (Å²) in [6, 6.07) is 5.25. The SMILES string of the molecule is Cc1nc2cc(NC(=O)C3(O)CCSC3)ccc2o1. The summed E-state index contributed by atoms with van der Waals surface area (Å²) in [5.74, 6) is 1.50. The van der Waals surface area contributed by atoms with Gasteiger partial charge in [0.25, 0.3) is 5.91 Å².